The fourth-order valence-electron chi connectivity index (χ4n) is 1.63. The predicted octanol–water partition coefficient (Wildman–Crippen LogP) is 1.64. The van der Waals surface area contributed by atoms with Gasteiger partial charge >= 0.3 is 5.97 Å². The summed E-state index contributed by atoms with van der Waals surface area (Å²) in [6.07, 6.45) is 0.0893. The lowest BCUT2D eigenvalue weighted by Crippen LogP contribution is -2.40. The van der Waals surface area contributed by atoms with Crippen LogP contribution in [-0.4, -0.2) is 37.0 Å². The molecule has 1 atom stereocenters. The van der Waals surface area contributed by atoms with Gasteiger partial charge in [0.1, 0.15) is 6.04 Å². The van der Waals surface area contributed by atoms with E-state index in [4.69, 9.17) is 4.74 Å². The molecule has 0 aliphatic heterocycles. The van der Waals surface area contributed by atoms with E-state index in [1.165, 1.54) is 0 Å². The lowest BCUT2D eigenvalue weighted by atomic mass is 10.2. The minimum atomic E-state index is -0.699. The molecule has 2 amide bonds. The number of amides is 2. The van der Waals surface area contributed by atoms with E-state index in [0.29, 0.717) is 5.56 Å². The molecule has 1 aromatic carbocycles. The van der Waals surface area contributed by atoms with Gasteiger partial charge in [0, 0.05) is 23.0 Å². The molecule has 0 spiro atoms. The molecule has 0 aromatic heterocycles. The number of carbonyl (C=O) groups is 3. The Morgan fingerprint density at radius 3 is 2.45 bits per heavy atom. The first-order chi connectivity index (χ1) is 10.4. The molecular weight excluding hydrogens is 352 g/mol. The van der Waals surface area contributed by atoms with Crippen LogP contribution in [0.25, 0.3) is 0 Å². The fourth-order valence-corrected chi connectivity index (χ4v) is 1.90. The highest BCUT2D eigenvalue weighted by molar-refractivity contribution is 9.10. The molecule has 0 radical (unpaired) electrons. The molecule has 1 rings (SSSR count). The quantitative estimate of drug-likeness (QED) is 0.714. The van der Waals surface area contributed by atoms with Gasteiger partial charge in [-0.05, 0) is 38.1 Å². The lowest BCUT2D eigenvalue weighted by Gasteiger charge is -2.12. The summed E-state index contributed by atoms with van der Waals surface area (Å²) in [5.74, 6) is -1.05. The molecule has 0 saturated heterocycles. The number of rotatable bonds is 7. The molecular formula is C15H19BrN2O4. The Balaban J connectivity index is 2.31. The smallest absolute Gasteiger partial charge is 0.328 e. The van der Waals surface area contributed by atoms with Crippen molar-refractivity contribution in [3.8, 4) is 0 Å². The van der Waals surface area contributed by atoms with E-state index >= 15 is 0 Å². The topological polar surface area (TPSA) is 84.5 Å². The monoisotopic (exact) mass is 370 g/mol. The second-order valence-corrected chi connectivity index (χ2v) is 5.47. The van der Waals surface area contributed by atoms with Crippen LogP contribution in [0.1, 0.15) is 30.6 Å². The van der Waals surface area contributed by atoms with Crippen molar-refractivity contribution in [1.82, 2.24) is 10.6 Å². The minimum Gasteiger partial charge on any atom is -0.464 e. The highest BCUT2D eigenvalue weighted by Gasteiger charge is 2.16. The number of benzene rings is 1. The molecule has 120 valence electrons. The summed E-state index contributed by atoms with van der Waals surface area (Å²) < 4.78 is 5.67. The van der Waals surface area contributed by atoms with Gasteiger partial charge in [-0.1, -0.05) is 15.9 Å². The van der Waals surface area contributed by atoms with E-state index in [0.717, 1.165) is 4.47 Å². The zero-order chi connectivity index (χ0) is 16.5. The number of esters is 1. The summed E-state index contributed by atoms with van der Waals surface area (Å²) in [5, 5.41) is 5.16. The summed E-state index contributed by atoms with van der Waals surface area (Å²) in [5.41, 5.74) is 0.517. The van der Waals surface area contributed by atoms with Crippen molar-refractivity contribution < 1.29 is 19.1 Å². The second-order valence-electron chi connectivity index (χ2n) is 4.55. The Morgan fingerprint density at radius 2 is 1.86 bits per heavy atom. The summed E-state index contributed by atoms with van der Waals surface area (Å²) in [6, 6.07) is 6.20. The molecule has 22 heavy (non-hydrogen) atoms. The summed E-state index contributed by atoms with van der Waals surface area (Å²) in [7, 11) is 0. The highest BCUT2D eigenvalue weighted by Crippen LogP contribution is 2.10. The van der Waals surface area contributed by atoms with E-state index in [9.17, 15) is 14.4 Å². The number of halogens is 1. The summed E-state index contributed by atoms with van der Waals surface area (Å²) in [4.78, 5) is 34.8. The van der Waals surface area contributed by atoms with Crippen molar-refractivity contribution in [3.63, 3.8) is 0 Å². The van der Waals surface area contributed by atoms with Crippen LogP contribution in [0.2, 0.25) is 0 Å². The van der Waals surface area contributed by atoms with Gasteiger partial charge in [-0.15, -0.1) is 0 Å². The Hall–Kier alpha value is -1.89. The van der Waals surface area contributed by atoms with E-state index in [-0.39, 0.29) is 31.4 Å². The van der Waals surface area contributed by atoms with Gasteiger partial charge in [0.2, 0.25) is 5.91 Å². The second kappa shape index (κ2) is 9.19. The van der Waals surface area contributed by atoms with Gasteiger partial charge in [0.25, 0.3) is 5.91 Å². The molecule has 0 aliphatic carbocycles. The number of carbonyl (C=O) groups excluding carboxylic acids is 3. The van der Waals surface area contributed by atoms with Crippen LogP contribution in [0.4, 0.5) is 0 Å². The first-order valence-electron chi connectivity index (χ1n) is 6.93. The first kappa shape index (κ1) is 18.2. The van der Waals surface area contributed by atoms with E-state index in [1.807, 2.05) is 0 Å². The summed E-state index contributed by atoms with van der Waals surface area (Å²) in [6.45, 7) is 3.71. The van der Waals surface area contributed by atoms with Crippen molar-refractivity contribution in [1.29, 1.82) is 0 Å². The SMILES string of the molecule is CCOC(=O)C(C)NC(=O)CCNC(=O)c1ccc(Br)cc1. The molecule has 2 N–H and O–H groups in total. The molecule has 0 aliphatic rings. The molecule has 0 saturated carbocycles. The number of nitrogens with one attached hydrogen (secondary N) is 2. The Morgan fingerprint density at radius 1 is 1.23 bits per heavy atom. The predicted molar refractivity (Wildman–Crippen MR) is 85.3 cm³/mol. The van der Waals surface area contributed by atoms with Crippen LogP contribution < -0.4 is 10.6 Å². The molecule has 7 heteroatoms. The number of ether oxygens (including phenoxy) is 1. The van der Waals surface area contributed by atoms with Crippen LogP contribution in [0.5, 0.6) is 0 Å². The number of hydrogen-bond acceptors (Lipinski definition) is 4. The molecule has 0 fully saturated rings. The maximum Gasteiger partial charge on any atom is 0.328 e. The van der Waals surface area contributed by atoms with Gasteiger partial charge < -0.3 is 15.4 Å². The molecule has 6 nitrogen and oxygen atoms in total. The third kappa shape index (κ3) is 6.26. The van der Waals surface area contributed by atoms with E-state index in [1.54, 1.807) is 38.1 Å². The van der Waals surface area contributed by atoms with Crippen molar-refractivity contribution in [2.75, 3.05) is 13.2 Å². The molecule has 0 heterocycles. The average molecular weight is 371 g/mol. The average Bonchev–Trinajstić information content (AvgIpc) is 2.47. The molecule has 1 aromatic rings. The van der Waals surface area contributed by atoms with Gasteiger partial charge in [-0.3, -0.25) is 9.59 Å². The van der Waals surface area contributed by atoms with Crippen molar-refractivity contribution in [3.05, 3.63) is 34.3 Å². The van der Waals surface area contributed by atoms with Gasteiger partial charge in [0.15, 0.2) is 0 Å². The van der Waals surface area contributed by atoms with Crippen LogP contribution in [-0.2, 0) is 14.3 Å². The Kier molecular flexibility index (Phi) is 7.59. The zero-order valence-electron chi connectivity index (χ0n) is 12.5. The van der Waals surface area contributed by atoms with Gasteiger partial charge in [0.05, 0.1) is 6.61 Å². The van der Waals surface area contributed by atoms with Crippen LogP contribution >= 0.6 is 15.9 Å². The summed E-state index contributed by atoms with van der Waals surface area (Å²) >= 11 is 3.29. The normalized spacial score (nSPS) is 11.4. The Bertz CT molecular complexity index is 531. The molecule has 1 unspecified atom stereocenters. The highest BCUT2D eigenvalue weighted by atomic mass is 79.9. The maximum absolute atomic E-state index is 11.8. The first-order valence-corrected chi connectivity index (χ1v) is 7.73. The standard InChI is InChI=1S/C15H19BrN2O4/c1-3-22-15(21)10(2)18-13(19)8-9-17-14(20)11-4-6-12(16)7-5-11/h4-7,10H,3,8-9H2,1-2H3,(H,17,20)(H,18,19). The van der Waals surface area contributed by atoms with E-state index in [2.05, 4.69) is 26.6 Å². The third-order valence-corrected chi connectivity index (χ3v) is 3.29. The maximum atomic E-state index is 11.8. The zero-order valence-corrected chi connectivity index (χ0v) is 14.1. The third-order valence-electron chi connectivity index (χ3n) is 2.76. The van der Waals surface area contributed by atoms with Gasteiger partial charge in [-0.2, -0.15) is 0 Å². The van der Waals surface area contributed by atoms with Crippen molar-refractivity contribution >= 4 is 33.7 Å². The van der Waals surface area contributed by atoms with Crippen LogP contribution in [0.15, 0.2) is 28.7 Å². The lowest BCUT2D eigenvalue weighted by molar-refractivity contribution is -0.146. The van der Waals surface area contributed by atoms with Crippen LogP contribution in [0.3, 0.4) is 0 Å². The van der Waals surface area contributed by atoms with Crippen molar-refractivity contribution in [2.24, 2.45) is 0 Å². The van der Waals surface area contributed by atoms with Gasteiger partial charge in [-0.25, -0.2) is 4.79 Å². The van der Waals surface area contributed by atoms with E-state index < -0.39 is 12.0 Å². The fraction of sp³-hybridized carbons (Fsp3) is 0.400. The minimum absolute atomic E-state index is 0.0893. The number of hydrogen-bond donors (Lipinski definition) is 2. The van der Waals surface area contributed by atoms with Crippen molar-refractivity contribution in [2.45, 2.75) is 26.3 Å². The Labute approximate surface area is 137 Å². The largest absolute Gasteiger partial charge is 0.464 e. The van der Waals surface area contributed by atoms with Crippen LogP contribution in [0, 0.1) is 0 Å². The molecule has 0 bridgehead atoms.